The number of aliphatic hydroxyl groups is 2. The van der Waals surface area contributed by atoms with E-state index in [4.69, 9.17) is 21.8 Å². The number of nitro benzene ring substituents is 1. The number of rotatable bonds is 9. The van der Waals surface area contributed by atoms with Gasteiger partial charge in [0.25, 0.3) is 0 Å². The fourth-order valence-corrected chi connectivity index (χ4v) is 1.89. The normalized spacial score (nSPS) is 10.3. The van der Waals surface area contributed by atoms with Gasteiger partial charge in [-0.1, -0.05) is 11.6 Å². The van der Waals surface area contributed by atoms with Gasteiger partial charge >= 0.3 is 5.69 Å². The molecule has 20 heavy (non-hydrogen) atoms. The number of benzene rings is 1. The van der Waals surface area contributed by atoms with Crippen LogP contribution < -0.4 is 10.6 Å². The number of aliphatic hydroxyl groups excluding tert-OH is 2. The van der Waals surface area contributed by atoms with Gasteiger partial charge < -0.3 is 20.8 Å². The fraction of sp³-hybridized carbons (Fsp3) is 0.500. The third-order valence-corrected chi connectivity index (χ3v) is 2.78. The van der Waals surface area contributed by atoms with E-state index in [1.807, 2.05) is 0 Å². The maximum absolute atomic E-state index is 11.2. The Morgan fingerprint density at radius 2 is 1.55 bits per heavy atom. The SMILES string of the molecule is O=[N+]([O-])c1c(NCCCO)cc(Cl)cc1NCCCO. The second kappa shape index (κ2) is 8.57. The Hall–Kier alpha value is -1.57. The van der Waals surface area contributed by atoms with E-state index in [1.54, 1.807) is 0 Å². The minimum Gasteiger partial charge on any atom is -0.396 e. The van der Waals surface area contributed by atoms with E-state index >= 15 is 0 Å². The lowest BCUT2D eigenvalue weighted by Gasteiger charge is -2.12. The first kappa shape index (κ1) is 16.5. The summed E-state index contributed by atoms with van der Waals surface area (Å²) in [5.74, 6) is 0. The molecule has 0 saturated carbocycles. The summed E-state index contributed by atoms with van der Waals surface area (Å²) in [6.07, 6.45) is 0.966. The van der Waals surface area contributed by atoms with Crippen LogP contribution in [0.2, 0.25) is 5.02 Å². The van der Waals surface area contributed by atoms with Crippen LogP contribution >= 0.6 is 11.6 Å². The zero-order valence-corrected chi connectivity index (χ0v) is 11.7. The van der Waals surface area contributed by atoms with Crippen LogP contribution in [0.5, 0.6) is 0 Å². The van der Waals surface area contributed by atoms with Gasteiger partial charge in [-0.2, -0.15) is 0 Å². The Bertz CT molecular complexity index is 425. The van der Waals surface area contributed by atoms with Crippen molar-refractivity contribution in [3.63, 3.8) is 0 Å². The molecule has 0 atom stereocenters. The molecule has 0 aliphatic rings. The standard InChI is InChI=1S/C12H18ClN3O4/c13-9-7-10(14-3-1-5-17)12(16(19)20)11(8-9)15-4-2-6-18/h7-8,14-15,17-18H,1-6H2. The van der Waals surface area contributed by atoms with Crippen molar-refractivity contribution in [1.29, 1.82) is 0 Å². The van der Waals surface area contributed by atoms with Crippen LogP contribution in [0.25, 0.3) is 0 Å². The number of hydrogen-bond donors (Lipinski definition) is 4. The molecule has 0 spiro atoms. The van der Waals surface area contributed by atoms with Crippen molar-refractivity contribution >= 4 is 28.7 Å². The first-order chi connectivity index (χ1) is 9.60. The quantitative estimate of drug-likeness (QED) is 0.315. The molecule has 1 rings (SSSR count). The zero-order valence-electron chi connectivity index (χ0n) is 10.9. The van der Waals surface area contributed by atoms with Crippen LogP contribution in [0.3, 0.4) is 0 Å². The van der Waals surface area contributed by atoms with Crippen LogP contribution in [-0.4, -0.2) is 41.4 Å². The predicted octanol–water partition coefficient (Wildman–Crippen LogP) is 1.84. The van der Waals surface area contributed by atoms with Crippen molar-refractivity contribution < 1.29 is 15.1 Å². The highest BCUT2D eigenvalue weighted by Gasteiger charge is 2.20. The van der Waals surface area contributed by atoms with Crippen LogP contribution in [0.1, 0.15) is 12.8 Å². The number of hydrogen-bond acceptors (Lipinski definition) is 6. The van der Waals surface area contributed by atoms with Gasteiger partial charge in [0.05, 0.1) is 4.92 Å². The van der Waals surface area contributed by atoms with E-state index in [-0.39, 0.29) is 18.9 Å². The van der Waals surface area contributed by atoms with Crippen LogP contribution in [0.4, 0.5) is 17.1 Å². The molecule has 0 unspecified atom stereocenters. The van der Waals surface area contributed by atoms with E-state index in [0.717, 1.165) is 0 Å². The molecule has 0 fully saturated rings. The highest BCUT2D eigenvalue weighted by Crippen LogP contribution is 2.36. The molecule has 112 valence electrons. The lowest BCUT2D eigenvalue weighted by atomic mass is 10.2. The predicted molar refractivity (Wildman–Crippen MR) is 78.5 cm³/mol. The third-order valence-electron chi connectivity index (χ3n) is 2.56. The Balaban J connectivity index is 2.98. The van der Waals surface area contributed by atoms with Gasteiger partial charge in [0.15, 0.2) is 0 Å². The fourth-order valence-electron chi connectivity index (χ4n) is 1.67. The maximum Gasteiger partial charge on any atom is 0.315 e. The van der Waals surface area contributed by atoms with Crippen LogP contribution in [0.15, 0.2) is 12.1 Å². The maximum atomic E-state index is 11.2. The molecular formula is C12H18ClN3O4. The summed E-state index contributed by atoms with van der Waals surface area (Å²) in [7, 11) is 0. The summed E-state index contributed by atoms with van der Waals surface area (Å²) < 4.78 is 0. The molecule has 4 N–H and O–H groups in total. The van der Waals surface area contributed by atoms with Crippen molar-refractivity contribution in [2.45, 2.75) is 12.8 Å². The Morgan fingerprint density at radius 3 is 1.90 bits per heavy atom. The monoisotopic (exact) mass is 303 g/mol. The number of nitrogens with zero attached hydrogens (tertiary/aromatic N) is 1. The third kappa shape index (κ3) is 4.84. The second-order valence-electron chi connectivity index (χ2n) is 4.11. The molecule has 0 bridgehead atoms. The van der Waals surface area contributed by atoms with Gasteiger partial charge in [0.1, 0.15) is 11.4 Å². The average Bonchev–Trinajstić information content (AvgIpc) is 2.38. The summed E-state index contributed by atoms with van der Waals surface area (Å²) in [5, 5.41) is 34.8. The molecule has 7 nitrogen and oxygen atoms in total. The van der Waals surface area contributed by atoms with Gasteiger partial charge in [-0.3, -0.25) is 10.1 Å². The van der Waals surface area contributed by atoms with Gasteiger partial charge in [-0.25, -0.2) is 0 Å². The van der Waals surface area contributed by atoms with E-state index in [2.05, 4.69) is 10.6 Å². The molecular weight excluding hydrogens is 286 g/mol. The first-order valence-corrected chi connectivity index (χ1v) is 6.65. The minimum atomic E-state index is -0.487. The number of anilines is 2. The van der Waals surface area contributed by atoms with Crippen molar-refractivity contribution in [3.05, 3.63) is 27.3 Å². The summed E-state index contributed by atoms with van der Waals surface area (Å²) >= 11 is 5.95. The summed E-state index contributed by atoms with van der Waals surface area (Å²) in [5.41, 5.74) is 0.523. The van der Waals surface area contributed by atoms with Crippen molar-refractivity contribution in [3.8, 4) is 0 Å². The van der Waals surface area contributed by atoms with Crippen molar-refractivity contribution in [1.82, 2.24) is 0 Å². The lowest BCUT2D eigenvalue weighted by Crippen LogP contribution is -2.10. The summed E-state index contributed by atoms with van der Waals surface area (Å²) in [6, 6.07) is 2.96. The van der Waals surface area contributed by atoms with E-state index in [1.165, 1.54) is 12.1 Å². The van der Waals surface area contributed by atoms with Crippen molar-refractivity contribution in [2.24, 2.45) is 0 Å². The van der Waals surface area contributed by atoms with Gasteiger partial charge in [0.2, 0.25) is 0 Å². The topological polar surface area (TPSA) is 108 Å². The highest BCUT2D eigenvalue weighted by atomic mass is 35.5. The Morgan fingerprint density at radius 1 is 1.10 bits per heavy atom. The summed E-state index contributed by atoms with van der Waals surface area (Å²) in [6.45, 7) is 0.827. The molecule has 0 heterocycles. The molecule has 0 saturated heterocycles. The first-order valence-electron chi connectivity index (χ1n) is 6.27. The van der Waals surface area contributed by atoms with Crippen LogP contribution in [0, 0.1) is 10.1 Å². The molecule has 1 aromatic carbocycles. The second-order valence-corrected chi connectivity index (χ2v) is 4.55. The molecule has 0 radical (unpaired) electrons. The zero-order chi connectivity index (χ0) is 15.0. The molecule has 1 aromatic rings. The molecule has 8 heteroatoms. The number of nitrogens with one attached hydrogen (secondary N) is 2. The van der Waals surface area contributed by atoms with E-state index in [9.17, 15) is 10.1 Å². The summed E-state index contributed by atoms with van der Waals surface area (Å²) in [4.78, 5) is 10.7. The number of halogens is 1. The Kier molecular flexibility index (Phi) is 7.06. The molecule has 0 aliphatic carbocycles. The van der Waals surface area contributed by atoms with Gasteiger partial charge in [-0.15, -0.1) is 0 Å². The average molecular weight is 304 g/mol. The van der Waals surface area contributed by atoms with E-state index < -0.39 is 4.92 Å². The van der Waals surface area contributed by atoms with Crippen molar-refractivity contribution in [2.75, 3.05) is 36.9 Å². The highest BCUT2D eigenvalue weighted by molar-refractivity contribution is 6.31. The molecule has 0 aliphatic heterocycles. The van der Waals surface area contributed by atoms with Gasteiger partial charge in [0, 0.05) is 31.3 Å². The van der Waals surface area contributed by atoms with E-state index in [0.29, 0.717) is 42.3 Å². The van der Waals surface area contributed by atoms with Crippen LogP contribution in [-0.2, 0) is 0 Å². The lowest BCUT2D eigenvalue weighted by molar-refractivity contribution is -0.383. The molecule has 0 aromatic heterocycles. The smallest absolute Gasteiger partial charge is 0.315 e. The minimum absolute atomic E-state index is 0.00295. The number of nitro groups is 1. The molecule has 0 amide bonds. The Labute approximate surface area is 121 Å². The largest absolute Gasteiger partial charge is 0.396 e. The van der Waals surface area contributed by atoms with Gasteiger partial charge in [-0.05, 0) is 25.0 Å².